The number of halogens is 1. The molecule has 0 aromatic heterocycles. The zero-order chi connectivity index (χ0) is 18.1. The van der Waals surface area contributed by atoms with Crippen molar-refractivity contribution >= 4 is 47.8 Å². The van der Waals surface area contributed by atoms with E-state index in [4.69, 9.17) is 14.5 Å². The van der Waals surface area contributed by atoms with E-state index in [9.17, 15) is 4.79 Å². The fraction of sp³-hybridized carbons (Fsp3) is 0.882. The van der Waals surface area contributed by atoms with E-state index in [1.54, 1.807) is 4.90 Å². The summed E-state index contributed by atoms with van der Waals surface area (Å²) < 4.78 is 10.8. The van der Waals surface area contributed by atoms with Gasteiger partial charge in [0.15, 0.2) is 5.96 Å². The summed E-state index contributed by atoms with van der Waals surface area (Å²) in [5.74, 6) is 0.950. The number of hydrogen-bond donors (Lipinski definition) is 1. The first-order valence-corrected chi connectivity index (χ1v) is 10.4. The van der Waals surface area contributed by atoms with E-state index in [2.05, 4.69) is 23.4 Å². The Bertz CT molecular complexity index is 453. The molecule has 0 saturated carbocycles. The van der Waals surface area contributed by atoms with Gasteiger partial charge in [0.1, 0.15) is 0 Å². The molecule has 1 amide bonds. The van der Waals surface area contributed by atoms with Crippen molar-refractivity contribution in [3.05, 3.63) is 0 Å². The van der Waals surface area contributed by atoms with Crippen LogP contribution >= 0.6 is 35.7 Å². The molecule has 2 rings (SSSR count). The van der Waals surface area contributed by atoms with E-state index in [0.29, 0.717) is 19.7 Å². The number of amides is 1. The Morgan fingerprint density at radius 3 is 2.35 bits per heavy atom. The molecule has 26 heavy (non-hydrogen) atoms. The summed E-state index contributed by atoms with van der Waals surface area (Å²) in [6.45, 7) is 10.5. The summed E-state index contributed by atoms with van der Waals surface area (Å²) in [5.41, 5.74) is 0. The van der Waals surface area contributed by atoms with Crippen LogP contribution < -0.4 is 5.32 Å². The lowest BCUT2D eigenvalue weighted by Gasteiger charge is -2.37. The number of rotatable bonds is 5. The van der Waals surface area contributed by atoms with Gasteiger partial charge in [-0.25, -0.2) is 4.79 Å². The van der Waals surface area contributed by atoms with E-state index < -0.39 is 0 Å². The van der Waals surface area contributed by atoms with Gasteiger partial charge >= 0.3 is 6.09 Å². The quantitative estimate of drug-likeness (QED) is 0.355. The number of hydrogen-bond acceptors (Lipinski definition) is 5. The maximum absolute atomic E-state index is 11.8. The molecule has 0 aliphatic carbocycles. The highest BCUT2D eigenvalue weighted by atomic mass is 127. The van der Waals surface area contributed by atoms with Crippen LogP contribution in [-0.4, -0.2) is 91.9 Å². The van der Waals surface area contributed by atoms with Crippen LogP contribution in [0.2, 0.25) is 0 Å². The molecule has 0 aromatic carbocycles. The molecular formula is C17H33IN4O3S. The summed E-state index contributed by atoms with van der Waals surface area (Å²) in [4.78, 5) is 20.8. The van der Waals surface area contributed by atoms with Gasteiger partial charge in [-0.05, 0) is 32.9 Å². The SMILES string of the molecule is CCNC(=NCC1(SC)CCOCC1)N1CCN(C(=O)OCC)CC1.I. The van der Waals surface area contributed by atoms with Gasteiger partial charge in [0.25, 0.3) is 0 Å². The van der Waals surface area contributed by atoms with Crippen molar-refractivity contribution < 1.29 is 14.3 Å². The molecule has 0 radical (unpaired) electrons. The van der Waals surface area contributed by atoms with Crippen LogP contribution in [0.3, 0.4) is 0 Å². The molecule has 7 nitrogen and oxygen atoms in total. The molecule has 2 aliphatic heterocycles. The molecule has 2 aliphatic rings. The number of thioether (sulfide) groups is 1. The number of carbonyl (C=O) groups excluding carboxylic acids is 1. The van der Waals surface area contributed by atoms with E-state index in [-0.39, 0.29) is 34.8 Å². The highest BCUT2D eigenvalue weighted by Crippen LogP contribution is 2.34. The van der Waals surface area contributed by atoms with Gasteiger partial charge in [-0.2, -0.15) is 11.8 Å². The first-order valence-electron chi connectivity index (χ1n) is 9.22. The smallest absolute Gasteiger partial charge is 0.409 e. The van der Waals surface area contributed by atoms with Crippen molar-refractivity contribution in [1.82, 2.24) is 15.1 Å². The molecule has 152 valence electrons. The van der Waals surface area contributed by atoms with Crippen molar-refractivity contribution in [3.63, 3.8) is 0 Å². The number of carbonyl (C=O) groups is 1. The summed E-state index contributed by atoms with van der Waals surface area (Å²) in [6, 6.07) is 0. The van der Waals surface area contributed by atoms with Crippen LogP contribution in [-0.2, 0) is 9.47 Å². The Balaban J connectivity index is 0.00000338. The van der Waals surface area contributed by atoms with E-state index >= 15 is 0 Å². The molecule has 0 atom stereocenters. The molecule has 0 unspecified atom stereocenters. The van der Waals surface area contributed by atoms with Crippen molar-refractivity contribution in [2.45, 2.75) is 31.4 Å². The van der Waals surface area contributed by atoms with Crippen LogP contribution in [0.25, 0.3) is 0 Å². The first-order chi connectivity index (χ1) is 12.1. The van der Waals surface area contributed by atoms with Crippen LogP contribution in [0.4, 0.5) is 4.79 Å². The molecule has 1 N–H and O–H groups in total. The second kappa shape index (κ2) is 12.1. The molecule has 0 spiro atoms. The van der Waals surface area contributed by atoms with Gasteiger partial charge in [-0.3, -0.25) is 4.99 Å². The zero-order valence-corrected chi connectivity index (χ0v) is 19.3. The zero-order valence-electron chi connectivity index (χ0n) is 16.2. The number of aliphatic imine (C=N–C) groups is 1. The van der Waals surface area contributed by atoms with Gasteiger partial charge in [0.2, 0.25) is 0 Å². The predicted molar refractivity (Wildman–Crippen MR) is 118 cm³/mol. The van der Waals surface area contributed by atoms with Crippen molar-refractivity contribution in [3.8, 4) is 0 Å². The van der Waals surface area contributed by atoms with Gasteiger partial charge in [0.05, 0.1) is 13.2 Å². The first kappa shape index (κ1) is 23.6. The number of nitrogens with one attached hydrogen (secondary N) is 1. The Morgan fingerprint density at radius 2 is 1.81 bits per heavy atom. The van der Waals surface area contributed by atoms with Gasteiger partial charge in [0, 0.05) is 50.7 Å². The Labute approximate surface area is 178 Å². The molecule has 2 heterocycles. The molecule has 2 saturated heterocycles. The molecular weight excluding hydrogens is 467 g/mol. The van der Waals surface area contributed by atoms with E-state index in [0.717, 1.165) is 58.2 Å². The number of guanidine groups is 1. The summed E-state index contributed by atoms with van der Waals surface area (Å²) in [7, 11) is 0. The molecule has 0 bridgehead atoms. The highest BCUT2D eigenvalue weighted by molar-refractivity contribution is 14.0. The third-order valence-electron chi connectivity index (χ3n) is 4.79. The van der Waals surface area contributed by atoms with Gasteiger partial charge < -0.3 is 24.6 Å². The lowest BCUT2D eigenvalue weighted by Crippen LogP contribution is -2.54. The fourth-order valence-corrected chi connectivity index (χ4v) is 3.90. The largest absolute Gasteiger partial charge is 0.450 e. The standard InChI is InChI=1S/C17H32N4O3S.HI/c1-4-18-15(19-14-17(25-3)6-12-23-13-7-17)20-8-10-21(11-9-20)16(22)24-5-2;/h4-14H2,1-3H3,(H,18,19);1H. The number of nitrogens with zero attached hydrogens (tertiary/aromatic N) is 3. The minimum Gasteiger partial charge on any atom is -0.450 e. The second-order valence-electron chi connectivity index (χ2n) is 6.34. The topological polar surface area (TPSA) is 66.4 Å². The normalized spacial score (nSPS) is 20.3. The highest BCUT2D eigenvalue weighted by Gasteiger charge is 2.32. The second-order valence-corrected chi connectivity index (χ2v) is 7.62. The van der Waals surface area contributed by atoms with Crippen LogP contribution in [0.15, 0.2) is 4.99 Å². The molecule has 0 aromatic rings. The van der Waals surface area contributed by atoms with Gasteiger partial charge in [-0.15, -0.1) is 24.0 Å². The Morgan fingerprint density at radius 1 is 1.19 bits per heavy atom. The van der Waals surface area contributed by atoms with Crippen molar-refractivity contribution in [2.75, 3.05) is 65.3 Å². The minimum absolute atomic E-state index is 0. The van der Waals surface area contributed by atoms with Crippen LogP contribution in [0, 0.1) is 0 Å². The molecule has 9 heteroatoms. The third-order valence-corrected chi connectivity index (χ3v) is 6.20. The van der Waals surface area contributed by atoms with Crippen molar-refractivity contribution in [1.29, 1.82) is 0 Å². The average molecular weight is 500 g/mol. The Hall–Kier alpha value is -0.420. The lowest BCUT2D eigenvalue weighted by molar-refractivity contribution is 0.0792. The van der Waals surface area contributed by atoms with Crippen molar-refractivity contribution in [2.24, 2.45) is 4.99 Å². The van der Waals surface area contributed by atoms with Crippen LogP contribution in [0.1, 0.15) is 26.7 Å². The van der Waals surface area contributed by atoms with E-state index in [1.165, 1.54) is 0 Å². The summed E-state index contributed by atoms with van der Waals surface area (Å²) in [6.07, 6.45) is 4.06. The maximum atomic E-state index is 11.8. The third kappa shape index (κ3) is 6.63. The maximum Gasteiger partial charge on any atom is 0.409 e. The fourth-order valence-electron chi connectivity index (χ4n) is 3.13. The lowest BCUT2D eigenvalue weighted by atomic mass is 9.99. The Kier molecular flexibility index (Phi) is 11.0. The number of piperazine rings is 1. The van der Waals surface area contributed by atoms with Crippen LogP contribution in [0.5, 0.6) is 0 Å². The summed E-state index contributed by atoms with van der Waals surface area (Å²) >= 11 is 1.91. The minimum atomic E-state index is -0.215. The predicted octanol–water partition coefficient (Wildman–Crippen LogP) is 2.26. The van der Waals surface area contributed by atoms with E-state index in [1.807, 2.05) is 18.7 Å². The molecule has 2 fully saturated rings. The van der Waals surface area contributed by atoms with Gasteiger partial charge in [-0.1, -0.05) is 0 Å². The number of ether oxygens (including phenoxy) is 2. The summed E-state index contributed by atoms with van der Waals surface area (Å²) in [5, 5.41) is 3.40. The average Bonchev–Trinajstić information content (AvgIpc) is 2.66. The monoisotopic (exact) mass is 500 g/mol.